The second-order valence-electron chi connectivity index (χ2n) is 5.64. The van der Waals surface area contributed by atoms with Gasteiger partial charge in [-0.15, -0.1) is 12.6 Å². The topological polar surface area (TPSA) is 29.1 Å². The number of thiol groups is 1. The molecule has 0 radical (unpaired) electrons. The number of hydrogen-bond donors (Lipinski definition) is 2. The van der Waals surface area contributed by atoms with Gasteiger partial charge < -0.3 is 5.32 Å². The molecule has 1 N–H and O–H groups in total. The number of carbonyl (C=O) groups excluding carboxylic acids is 1. The second-order valence-corrected chi connectivity index (χ2v) is 6.16. The van der Waals surface area contributed by atoms with E-state index in [1.165, 1.54) is 25.0 Å². The van der Waals surface area contributed by atoms with Gasteiger partial charge in [0.25, 0.3) is 5.91 Å². The largest absolute Gasteiger partial charge is 0.349 e. The standard InChI is InChI=1S/C16H22FNOS/c1-2-3-11-4-6-12(7-5-11)18-16(19)14-10-13(20)8-9-15(14)17/h8-12,20H,2-7H2,1H3,(H,18,19). The molecule has 1 saturated carbocycles. The second kappa shape index (κ2) is 7.11. The number of hydrogen-bond acceptors (Lipinski definition) is 2. The lowest BCUT2D eigenvalue weighted by molar-refractivity contribution is 0.0917. The summed E-state index contributed by atoms with van der Waals surface area (Å²) in [6, 6.07) is 4.50. The zero-order valence-corrected chi connectivity index (χ0v) is 12.8. The Bertz CT molecular complexity index is 470. The fraction of sp³-hybridized carbons (Fsp3) is 0.562. The summed E-state index contributed by atoms with van der Waals surface area (Å²) in [6.07, 6.45) is 6.82. The molecule has 20 heavy (non-hydrogen) atoms. The van der Waals surface area contributed by atoms with Crippen LogP contribution in [-0.4, -0.2) is 11.9 Å². The van der Waals surface area contributed by atoms with Crippen molar-refractivity contribution in [1.29, 1.82) is 0 Å². The van der Waals surface area contributed by atoms with Crippen LogP contribution >= 0.6 is 12.6 Å². The highest BCUT2D eigenvalue weighted by atomic mass is 32.1. The first kappa shape index (κ1) is 15.4. The average Bonchev–Trinajstić information content (AvgIpc) is 2.44. The van der Waals surface area contributed by atoms with Crippen LogP contribution in [-0.2, 0) is 0 Å². The number of benzene rings is 1. The van der Waals surface area contributed by atoms with E-state index in [-0.39, 0.29) is 17.5 Å². The number of carbonyl (C=O) groups is 1. The molecule has 110 valence electrons. The van der Waals surface area contributed by atoms with Crippen LogP contribution in [0.5, 0.6) is 0 Å². The van der Waals surface area contributed by atoms with Crippen molar-refractivity contribution in [2.45, 2.75) is 56.4 Å². The SMILES string of the molecule is CCCC1CCC(NC(=O)c2cc(S)ccc2F)CC1. The van der Waals surface area contributed by atoms with Crippen molar-refractivity contribution < 1.29 is 9.18 Å². The highest BCUT2D eigenvalue weighted by molar-refractivity contribution is 7.80. The Balaban J connectivity index is 1.91. The summed E-state index contributed by atoms with van der Waals surface area (Å²) in [4.78, 5) is 12.7. The van der Waals surface area contributed by atoms with Gasteiger partial charge in [-0.25, -0.2) is 4.39 Å². The van der Waals surface area contributed by atoms with Gasteiger partial charge in [0.05, 0.1) is 5.56 Å². The van der Waals surface area contributed by atoms with Crippen LogP contribution in [0.1, 0.15) is 55.8 Å². The van der Waals surface area contributed by atoms with Crippen molar-refractivity contribution in [3.63, 3.8) is 0 Å². The van der Waals surface area contributed by atoms with E-state index in [1.807, 2.05) is 0 Å². The van der Waals surface area contributed by atoms with Crippen LogP contribution in [0.3, 0.4) is 0 Å². The number of halogens is 1. The molecule has 1 aliphatic carbocycles. The monoisotopic (exact) mass is 295 g/mol. The number of rotatable bonds is 4. The van der Waals surface area contributed by atoms with E-state index < -0.39 is 5.82 Å². The lowest BCUT2D eigenvalue weighted by Crippen LogP contribution is -2.38. The highest BCUT2D eigenvalue weighted by Crippen LogP contribution is 2.28. The Hall–Kier alpha value is -1.03. The lowest BCUT2D eigenvalue weighted by Gasteiger charge is -2.29. The van der Waals surface area contributed by atoms with Gasteiger partial charge in [-0.3, -0.25) is 4.79 Å². The molecule has 0 atom stereocenters. The third-order valence-corrected chi connectivity index (χ3v) is 4.35. The molecule has 1 aromatic carbocycles. The maximum atomic E-state index is 13.6. The fourth-order valence-electron chi connectivity index (χ4n) is 2.95. The Labute approximate surface area is 125 Å². The molecule has 1 aromatic rings. The summed E-state index contributed by atoms with van der Waals surface area (Å²) in [5, 5.41) is 2.95. The van der Waals surface area contributed by atoms with Gasteiger partial charge in [0.1, 0.15) is 5.82 Å². The van der Waals surface area contributed by atoms with Crippen molar-refractivity contribution in [3.05, 3.63) is 29.6 Å². The minimum atomic E-state index is -0.486. The van der Waals surface area contributed by atoms with Gasteiger partial charge in [-0.05, 0) is 49.8 Å². The zero-order chi connectivity index (χ0) is 14.5. The van der Waals surface area contributed by atoms with E-state index in [4.69, 9.17) is 0 Å². The van der Waals surface area contributed by atoms with E-state index in [1.54, 1.807) is 6.07 Å². The zero-order valence-electron chi connectivity index (χ0n) is 11.9. The van der Waals surface area contributed by atoms with Crippen molar-refractivity contribution in [2.24, 2.45) is 5.92 Å². The van der Waals surface area contributed by atoms with Gasteiger partial charge in [0.15, 0.2) is 0 Å². The molecule has 0 spiro atoms. The predicted octanol–water partition coefficient (Wildman–Crippen LogP) is 4.20. The summed E-state index contributed by atoms with van der Waals surface area (Å²) in [7, 11) is 0. The van der Waals surface area contributed by atoms with Gasteiger partial charge in [-0.2, -0.15) is 0 Å². The minimum Gasteiger partial charge on any atom is -0.349 e. The molecule has 2 nitrogen and oxygen atoms in total. The van der Waals surface area contributed by atoms with Crippen LogP contribution in [0, 0.1) is 11.7 Å². The predicted molar refractivity (Wildman–Crippen MR) is 81.8 cm³/mol. The summed E-state index contributed by atoms with van der Waals surface area (Å²) in [6.45, 7) is 2.21. The quantitative estimate of drug-likeness (QED) is 0.801. The highest BCUT2D eigenvalue weighted by Gasteiger charge is 2.23. The van der Waals surface area contributed by atoms with Crippen LogP contribution in [0.15, 0.2) is 23.1 Å². The van der Waals surface area contributed by atoms with E-state index in [2.05, 4.69) is 24.9 Å². The molecular weight excluding hydrogens is 273 g/mol. The van der Waals surface area contributed by atoms with Gasteiger partial charge in [0.2, 0.25) is 0 Å². The van der Waals surface area contributed by atoms with Gasteiger partial charge >= 0.3 is 0 Å². The van der Waals surface area contributed by atoms with E-state index in [9.17, 15) is 9.18 Å². The molecule has 0 unspecified atom stereocenters. The maximum Gasteiger partial charge on any atom is 0.254 e. The molecule has 1 fully saturated rings. The van der Waals surface area contributed by atoms with E-state index in [0.717, 1.165) is 31.6 Å². The van der Waals surface area contributed by atoms with Crippen molar-refractivity contribution in [1.82, 2.24) is 5.32 Å². The van der Waals surface area contributed by atoms with Crippen LogP contribution < -0.4 is 5.32 Å². The van der Waals surface area contributed by atoms with Crippen LogP contribution in [0.2, 0.25) is 0 Å². The number of amides is 1. The minimum absolute atomic E-state index is 0.0909. The Kier molecular flexibility index (Phi) is 5.46. The number of nitrogens with one attached hydrogen (secondary N) is 1. The molecule has 0 aliphatic heterocycles. The van der Waals surface area contributed by atoms with E-state index in [0.29, 0.717) is 4.90 Å². The van der Waals surface area contributed by atoms with Crippen molar-refractivity contribution in [2.75, 3.05) is 0 Å². The molecular formula is C16H22FNOS. The summed E-state index contributed by atoms with van der Waals surface area (Å²) in [5.74, 6) is -0.0111. The summed E-state index contributed by atoms with van der Waals surface area (Å²) < 4.78 is 13.6. The van der Waals surface area contributed by atoms with E-state index >= 15 is 0 Å². The Morgan fingerprint density at radius 3 is 2.70 bits per heavy atom. The first-order valence-corrected chi connectivity index (χ1v) is 7.84. The third kappa shape index (κ3) is 3.98. The lowest BCUT2D eigenvalue weighted by atomic mass is 9.83. The third-order valence-electron chi connectivity index (χ3n) is 4.07. The molecule has 0 bridgehead atoms. The molecule has 1 aliphatic rings. The summed E-state index contributed by atoms with van der Waals surface area (Å²) in [5.41, 5.74) is 0.0909. The first-order chi connectivity index (χ1) is 9.60. The van der Waals surface area contributed by atoms with Crippen LogP contribution in [0.4, 0.5) is 4.39 Å². The molecule has 0 heterocycles. The van der Waals surface area contributed by atoms with Crippen molar-refractivity contribution in [3.8, 4) is 0 Å². The Morgan fingerprint density at radius 2 is 2.05 bits per heavy atom. The normalized spacial score (nSPS) is 22.6. The first-order valence-electron chi connectivity index (χ1n) is 7.39. The van der Waals surface area contributed by atoms with Gasteiger partial charge in [-0.1, -0.05) is 19.8 Å². The van der Waals surface area contributed by atoms with Crippen molar-refractivity contribution >= 4 is 18.5 Å². The van der Waals surface area contributed by atoms with Gasteiger partial charge in [0, 0.05) is 10.9 Å². The smallest absolute Gasteiger partial charge is 0.254 e. The summed E-state index contributed by atoms with van der Waals surface area (Å²) >= 11 is 4.15. The Morgan fingerprint density at radius 1 is 1.35 bits per heavy atom. The molecule has 4 heteroatoms. The fourth-order valence-corrected chi connectivity index (χ4v) is 3.16. The van der Waals surface area contributed by atoms with Crippen LogP contribution in [0.25, 0.3) is 0 Å². The molecule has 1 amide bonds. The molecule has 0 saturated heterocycles. The molecule has 2 rings (SSSR count). The maximum absolute atomic E-state index is 13.6. The average molecular weight is 295 g/mol. The molecule has 0 aromatic heterocycles.